The van der Waals surface area contributed by atoms with E-state index in [0.29, 0.717) is 35.1 Å². The van der Waals surface area contributed by atoms with Crippen LogP contribution in [0.25, 0.3) is 10.9 Å². The summed E-state index contributed by atoms with van der Waals surface area (Å²) in [7, 11) is 1.35. The van der Waals surface area contributed by atoms with E-state index in [1.807, 2.05) is 26.0 Å². The number of rotatable bonds is 3. The van der Waals surface area contributed by atoms with Crippen molar-refractivity contribution >= 4 is 22.7 Å². The van der Waals surface area contributed by atoms with Crippen molar-refractivity contribution in [2.24, 2.45) is 5.41 Å². The Labute approximate surface area is 168 Å². The van der Waals surface area contributed by atoms with E-state index >= 15 is 0 Å². The fourth-order valence-electron chi connectivity index (χ4n) is 4.03. The lowest BCUT2D eigenvalue weighted by atomic mass is 9.72. The summed E-state index contributed by atoms with van der Waals surface area (Å²) in [5, 5.41) is 0.618. The van der Waals surface area contributed by atoms with Crippen molar-refractivity contribution in [1.29, 1.82) is 0 Å². The first-order chi connectivity index (χ1) is 13.7. The van der Waals surface area contributed by atoms with Crippen LogP contribution in [0.2, 0.25) is 0 Å². The van der Waals surface area contributed by atoms with E-state index in [4.69, 9.17) is 4.74 Å². The Hall–Kier alpha value is -3.21. The molecule has 0 saturated carbocycles. The zero-order valence-corrected chi connectivity index (χ0v) is 16.7. The summed E-state index contributed by atoms with van der Waals surface area (Å²) >= 11 is 0. The number of benzene rings is 2. The Morgan fingerprint density at radius 1 is 1.21 bits per heavy atom. The lowest BCUT2D eigenvalue weighted by molar-refractivity contribution is 0.0600. The number of ketones is 1. The number of ether oxygens (including phenoxy) is 1. The van der Waals surface area contributed by atoms with Gasteiger partial charge in [0.15, 0.2) is 5.78 Å². The highest BCUT2D eigenvalue weighted by atomic mass is 19.1. The minimum atomic E-state index is -0.387. The van der Waals surface area contributed by atoms with E-state index in [-0.39, 0.29) is 23.0 Å². The Kier molecular flexibility index (Phi) is 4.41. The zero-order chi connectivity index (χ0) is 20.9. The minimum Gasteiger partial charge on any atom is -0.465 e. The molecule has 1 heterocycles. The first-order valence-electron chi connectivity index (χ1n) is 9.45. The number of halogens is 1. The molecule has 0 aliphatic heterocycles. The molecule has 0 atom stereocenters. The first kappa shape index (κ1) is 19.1. The molecule has 0 saturated heterocycles. The Morgan fingerprint density at radius 2 is 1.90 bits per heavy atom. The number of hydrogen-bond acceptors (Lipinski definition) is 3. The summed E-state index contributed by atoms with van der Waals surface area (Å²) in [5.41, 5.74) is 3.88. The topological polar surface area (TPSA) is 48.3 Å². The van der Waals surface area contributed by atoms with Gasteiger partial charge in [0.25, 0.3) is 0 Å². The molecule has 0 bridgehead atoms. The average Bonchev–Trinajstić information content (AvgIpc) is 2.98. The van der Waals surface area contributed by atoms with Gasteiger partial charge < -0.3 is 9.30 Å². The monoisotopic (exact) mass is 391 g/mol. The average molecular weight is 391 g/mol. The molecule has 1 aliphatic carbocycles. The van der Waals surface area contributed by atoms with Crippen molar-refractivity contribution in [3.8, 4) is 0 Å². The molecular formula is C24H22FNO3. The number of aromatic nitrogens is 1. The molecule has 4 nitrogen and oxygen atoms in total. The van der Waals surface area contributed by atoms with Crippen molar-refractivity contribution in [1.82, 2.24) is 4.57 Å². The largest absolute Gasteiger partial charge is 0.465 e. The number of carbonyl (C=O) groups is 2. The molecule has 0 fully saturated rings. The fraction of sp³-hybridized carbons (Fsp3) is 0.250. The second kappa shape index (κ2) is 6.69. The molecule has 29 heavy (non-hydrogen) atoms. The highest BCUT2D eigenvalue weighted by Gasteiger charge is 2.38. The number of carbonyl (C=O) groups excluding carboxylic acids is 2. The lowest BCUT2D eigenvalue weighted by Crippen LogP contribution is -2.30. The van der Waals surface area contributed by atoms with Crippen LogP contribution in [0, 0.1) is 11.2 Å². The summed E-state index contributed by atoms with van der Waals surface area (Å²) in [6.45, 7) is 8.52. The number of nitrogens with zero attached hydrogens (tertiary/aromatic N) is 1. The molecule has 3 aromatic rings. The molecule has 1 aliphatic rings. The molecule has 0 N–H and O–H groups in total. The van der Waals surface area contributed by atoms with Crippen molar-refractivity contribution < 1.29 is 18.7 Å². The van der Waals surface area contributed by atoms with Crippen molar-refractivity contribution in [2.45, 2.75) is 26.8 Å². The number of esters is 1. The van der Waals surface area contributed by atoms with Crippen molar-refractivity contribution in [3.05, 3.63) is 82.8 Å². The van der Waals surface area contributed by atoms with Gasteiger partial charge in [-0.25, -0.2) is 9.18 Å². The third-order valence-corrected chi connectivity index (χ3v) is 5.78. The number of allylic oxidation sites excluding steroid dienone is 1. The van der Waals surface area contributed by atoms with E-state index in [0.717, 1.165) is 16.8 Å². The highest BCUT2D eigenvalue weighted by molar-refractivity contribution is 6.18. The van der Waals surface area contributed by atoms with E-state index in [2.05, 4.69) is 11.1 Å². The van der Waals surface area contributed by atoms with Crippen LogP contribution in [0.5, 0.6) is 0 Å². The Balaban J connectivity index is 1.86. The van der Waals surface area contributed by atoms with Crippen LogP contribution in [-0.4, -0.2) is 23.4 Å². The van der Waals surface area contributed by atoms with Crippen molar-refractivity contribution in [3.63, 3.8) is 0 Å². The van der Waals surface area contributed by atoms with Gasteiger partial charge in [-0.3, -0.25) is 4.79 Å². The number of fused-ring (bicyclic) bond motifs is 3. The van der Waals surface area contributed by atoms with Gasteiger partial charge in [0.05, 0.1) is 18.2 Å². The zero-order valence-electron chi connectivity index (χ0n) is 16.7. The van der Waals surface area contributed by atoms with Gasteiger partial charge in [0, 0.05) is 23.1 Å². The smallest absolute Gasteiger partial charge is 0.337 e. The standard InChI is InChI=1S/C24H22FNO3/c1-14-22(27)21-18-11-17(25)9-10-19(18)26(20(21)12-24(14,2)3)13-15-5-7-16(8-6-15)23(28)29-4/h5-11H,1,12-13H2,2-4H3. The second-order valence-corrected chi connectivity index (χ2v) is 8.13. The third-order valence-electron chi connectivity index (χ3n) is 5.78. The number of hydrogen-bond donors (Lipinski definition) is 0. The maximum atomic E-state index is 14.0. The normalized spacial score (nSPS) is 15.4. The SMILES string of the molecule is C=C1C(=O)c2c(n(Cc3ccc(C(=O)OC)cc3)c3ccc(F)cc23)CC1(C)C. The van der Waals surface area contributed by atoms with Gasteiger partial charge in [0.2, 0.25) is 0 Å². The maximum absolute atomic E-state index is 14.0. The van der Waals surface area contributed by atoms with Gasteiger partial charge in [-0.1, -0.05) is 32.6 Å². The van der Waals surface area contributed by atoms with Crippen LogP contribution in [0.15, 0.2) is 54.6 Å². The number of Topliss-reactive ketones (excluding diaryl/α,β-unsaturated/α-hetero) is 1. The summed E-state index contributed by atoms with van der Waals surface area (Å²) in [6.07, 6.45) is 0.642. The van der Waals surface area contributed by atoms with Gasteiger partial charge in [-0.05, 0) is 53.3 Å². The molecule has 4 rings (SSSR count). The van der Waals surface area contributed by atoms with Crippen LogP contribution in [-0.2, 0) is 17.7 Å². The molecule has 5 heteroatoms. The lowest BCUT2D eigenvalue weighted by Gasteiger charge is -2.32. The van der Waals surface area contributed by atoms with Crippen LogP contribution in [0.1, 0.15) is 45.8 Å². The van der Waals surface area contributed by atoms with E-state index < -0.39 is 0 Å². The molecule has 0 radical (unpaired) electrons. The summed E-state index contributed by atoms with van der Waals surface area (Å²) in [4.78, 5) is 24.8. The Morgan fingerprint density at radius 3 is 2.55 bits per heavy atom. The van der Waals surface area contributed by atoms with Gasteiger partial charge in [-0.2, -0.15) is 0 Å². The van der Waals surface area contributed by atoms with Gasteiger partial charge in [-0.15, -0.1) is 0 Å². The summed E-state index contributed by atoms with van der Waals surface area (Å²) in [6, 6.07) is 11.7. The van der Waals surface area contributed by atoms with E-state index in [1.165, 1.54) is 19.2 Å². The number of methoxy groups -OCH3 is 1. The Bertz CT molecular complexity index is 1170. The minimum absolute atomic E-state index is 0.119. The van der Waals surface area contributed by atoms with Crippen molar-refractivity contribution in [2.75, 3.05) is 7.11 Å². The summed E-state index contributed by atoms with van der Waals surface area (Å²) in [5.74, 6) is -0.878. The molecule has 2 aromatic carbocycles. The van der Waals surface area contributed by atoms with Gasteiger partial charge in [0.1, 0.15) is 5.82 Å². The molecule has 1 aromatic heterocycles. The van der Waals surface area contributed by atoms with E-state index in [9.17, 15) is 14.0 Å². The van der Waals surface area contributed by atoms with Gasteiger partial charge >= 0.3 is 5.97 Å². The predicted octanol–water partition coefficient (Wildman–Crippen LogP) is 4.94. The molecule has 148 valence electrons. The highest BCUT2D eigenvalue weighted by Crippen LogP contribution is 2.42. The molecule has 0 spiro atoms. The molecule has 0 amide bonds. The molecule has 0 unspecified atom stereocenters. The van der Waals surface area contributed by atoms with E-state index in [1.54, 1.807) is 18.2 Å². The third kappa shape index (κ3) is 3.07. The van der Waals surface area contributed by atoms with Crippen LogP contribution in [0.3, 0.4) is 0 Å². The maximum Gasteiger partial charge on any atom is 0.337 e. The second-order valence-electron chi connectivity index (χ2n) is 8.13. The van der Waals surface area contributed by atoms with Crippen LogP contribution < -0.4 is 0 Å². The predicted molar refractivity (Wildman–Crippen MR) is 110 cm³/mol. The summed E-state index contributed by atoms with van der Waals surface area (Å²) < 4.78 is 20.8. The van der Waals surface area contributed by atoms with Crippen LogP contribution in [0.4, 0.5) is 4.39 Å². The van der Waals surface area contributed by atoms with Crippen LogP contribution >= 0.6 is 0 Å². The first-order valence-corrected chi connectivity index (χ1v) is 9.45. The quantitative estimate of drug-likeness (QED) is 0.470. The molecular weight excluding hydrogens is 369 g/mol. The fourth-order valence-corrected chi connectivity index (χ4v) is 4.03.